The fourth-order valence-corrected chi connectivity index (χ4v) is 0.943. The van der Waals surface area contributed by atoms with Crippen molar-refractivity contribution in [2.45, 2.75) is 13.5 Å². The number of hydrogen-bond acceptors (Lipinski definition) is 3. The molecule has 76 valence electrons. The van der Waals surface area contributed by atoms with Gasteiger partial charge in [0.25, 0.3) is 0 Å². The highest BCUT2D eigenvalue weighted by Crippen LogP contribution is 2.11. The van der Waals surface area contributed by atoms with Crippen molar-refractivity contribution in [1.82, 2.24) is 5.48 Å². The normalized spacial score (nSPS) is 9.57. The highest BCUT2D eigenvalue weighted by molar-refractivity contribution is 5.71. The third-order valence-electron chi connectivity index (χ3n) is 1.61. The Kier molecular flexibility index (Phi) is 3.94. The summed E-state index contributed by atoms with van der Waals surface area (Å²) in [7, 11) is 1.61. The van der Waals surface area contributed by atoms with E-state index in [1.54, 1.807) is 7.11 Å². The monoisotopic (exact) mass is 195 g/mol. The number of hydrogen-bond donors (Lipinski definition) is 1. The van der Waals surface area contributed by atoms with Crippen LogP contribution < -0.4 is 10.2 Å². The molecule has 4 nitrogen and oxygen atoms in total. The summed E-state index contributed by atoms with van der Waals surface area (Å²) in [4.78, 5) is 15.4. The van der Waals surface area contributed by atoms with Crippen molar-refractivity contribution in [2.24, 2.45) is 0 Å². The van der Waals surface area contributed by atoms with Gasteiger partial charge in [-0.25, -0.2) is 5.48 Å². The summed E-state index contributed by atoms with van der Waals surface area (Å²) in [5.74, 6) is 0.590. The third kappa shape index (κ3) is 3.45. The molecule has 0 unspecified atom stereocenters. The van der Waals surface area contributed by atoms with Gasteiger partial charge in [-0.3, -0.25) is 9.63 Å². The van der Waals surface area contributed by atoms with Gasteiger partial charge in [0.15, 0.2) is 0 Å². The van der Waals surface area contributed by atoms with E-state index in [4.69, 9.17) is 9.57 Å². The molecule has 0 spiro atoms. The standard InChI is InChI=1S/C10H13NO3/c1-8(12)11-14-7-9-3-5-10(13-2)6-4-9/h3-6H,7H2,1-2H3,(H,11,12). The van der Waals surface area contributed by atoms with E-state index < -0.39 is 0 Å². The van der Waals surface area contributed by atoms with Crippen LogP contribution in [-0.4, -0.2) is 13.0 Å². The topological polar surface area (TPSA) is 47.6 Å². The quantitative estimate of drug-likeness (QED) is 0.736. The molecule has 1 aromatic carbocycles. The molecule has 1 aromatic rings. The second-order valence-electron chi connectivity index (χ2n) is 2.79. The van der Waals surface area contributed by atoms with Gasteiger partial charge in [-0.05, 0) is 17.7 Å². The molecule has 0 aromatic heterocycles. The Labute approximate surface area is 82.8 Å². The SMILES string of the molecule is COc1ccc(CONC(C)=O)cc1. The average Bonchev–Trinajstić information content (AvgIpc) is 2.18. The summed E-state index contributed by atoms with van der Waals surface area (Å²) in [6, 6.07) is 7.43. The Bertz CT molecular complexity index is 295. The lowest BCUT2D eigenvalue weighted by atomic mass is 10.2. The molecule has 0 aliphatic rings. The van der Waals surface area contributed by atoms with Crippen LogP contribution in [0.25, 0.3) is 0 Å². The van der Waals surface area contributed by atoms with Crippen LogP contribution in [0.4, 0.5) is 0 Å². The second kappa shape index (κ2) is 5.24. The van der Waals surface area contributed by atoms with Crippen molar-refractivity contribution >= 4 is 5.91 Å². The maximum Gasteiger partial charge on any atom is 0.240 e. The largest absolute Gasteiger partial charge is 0.497 e. The van der Waals surface area contributed by atoms with Crippen LogP contribution in [-0.2, 0) is 16.2 Å². The Balaban J connectivity index is 2.40. The lowest BCUT2D eigenvalue weighted by molar-refractivity contribution is -0.132. The summed E-state index contributed by atoms with van der Waals surface area (Å²) in [5, 5.41) is 0. The highest BCUT2D eigenvalue weighted by atomic mass is 16.6. The summed E-state index contributed by atoms with van der Waals surface area (Å²) >= 11 is 0. The fraction of sp³-hybridized carbons (Fsp3) is 0.300. The minimum atomic E-state index is -0.210. The summed E-state index contributed by atoms with van der Waals surface area (Å²) in [5.41, 5.74) is 3.22. The molecular formula is C10H13NO3. The van der Waals surface area contributed by atoms with Crippen molar-refractivity contribution in [3.05, 3.63) is 29.8 Å². The third-order valence-corrected chi connectivity index (χ3v) is 1.61. The number of methoxy groups -OCH3 is 1. The molecule has 1 rings (SSSR count). The molecule has 0 bridgehead atoms. The van der Waals surface area contributed by atoms with Crippen molar-refractivity contribution < 1.29 is 14.4 Å². The van der Waals surface area contributed by atoms with Crippen molar-refractivity contribution in [3.8, 4) is 5.75 Å². The zero-order chi connectivity index (χ0) is 10.4. The molecule has 0 fully saturated rings. The van der Waals surface area contributed by atoms with Crippen LogP contribution in [0.3, 0.4) is 0 Å². The predicted octanol–water partition coefficient (Wildman–Crippen LogP) is 1.26. The van der Waals surface area contributed by atoms with Crippen LogP contribution in [0.5, 0.6) is 5.75 Å². The molecule has 4 heteroatoms. The highest BCUT2D eigenvalue weighted by Gasteiger charge is 1.95. The molecule has 1 amide bonds. The Hall–Kier alpha value is -1.55. The van der Waals surface area contributed by atoms with Gasteiger partial charge in [-0.1, -0.05) is 12.1 Å². The van der Waals surface area contributed by atoms with Crippen LogP contribution in [0.2, 0.25) is 0 Å². The van der Waals surface area contributed by atoms with E-state index in [9.17, 15) is 4.79 Å². The van der Waals surface area contributed by atoms with E-state index >= 15 is 0 Å². The zero-order valence-electron chi connectivity index (χ0n) is 8.24. The lowest BCUT2D eigenvalue weighted by Gasteiger charge is -2.04. The van der Waals surface area contributed by atoms with E-state index in [0.29, 0.717) is 6.61 Å². The number of amides is 1. The number of hydroxylamine groups is 1. The fourth-order valence-electron chi connectivity index (χ4n) is 0.943. The van der Waals surface area contributed by atoms with E-state index in [1.165, 1.54) is 6.92 Å². The number of benzene rings is 1. The van der Waals surface area contributed by atoms with E-state index in [0.717, 1.165) is 11.3 Å². The molecule has 0 aliphatic carbocycles. The summed E-state index contributed by atoms with van der Waals surface area (Å²) in [6.45, 7) is 1.75. The molecule has 0 radical (unpaired) electrons. The summed E-state index contributed by atoms with van der Waals surface area (Å²) in [6.07, 6.45) is 0. The van der Waals surface area contributed by atoms with E-state index in [-0.39, 0.29) is 5.91 Å². The Morgan fingerprint density at radius 1 is 1.36 bits per heavy atom. The maximum absolute atomic E-state index is 10.5. The van der Waals surface area contributed by atoms with Crippen molar-refractivity contribution in [1.29, 1.82) is 0 Å². The molecule has 0 saturated carbocycles. The Morgan fingerprint density at radius 3 is 2.50 bits per heavy atom. The molecule has 1 N–H and O–H groups in total. The molecular weight excluding hydrogens is 182 g/mol. The first-order chi connectivity index (χ1) is 6.72. The number of nitrogens with one attached hydrogen (secondary N) is 1. The predicted molar refractivity (Wildman–Crippen MR) is 51.6 cm³/mol. The maximum atomic E-state index is 10.5. The molecule has 0 saturated heterocycles. The van der Waals surface area contributed by atoms with Gasteiger partial charge in [0.1, 0.15) is 5.75 Å². The minimum absolute atomic E-state index is 0.210. The molecule has 0 aliphatic heterocycles. The van der Waals surface area contributed by atoms with Gasteiger partial charge in [-0.2, -0.15) is 0 Å². The van der Waals surface area contributed by atoms with Gasteiger partial charge in [-0.15, -0.1) is 0 Å². The van der Waals surface area contributed by atoms with Crippen molar-refractivity contribution in [3.63, 3.8) is 0 Å². The minimum Gasteiger partial charge on any atom is -0.497 e. The molecule has 14 heavy (non-hydrogen) atoms. The molecule has 0 heterocycles. The van der Waals surface area contributed by atoms with Gasteiger partial charge >= 0.3 is 0 Å². The van der Waals surface area contributed by atoms with Crippen LogP contribution >= 0.6 is 0 Å². The van der Waals surface area contributed by atoms with Gasteiger partial charge in [0, 0.05) is 6.92 Å². The number of carbonyl (C=O) groups is 1. The number of ether oxygens (including phenoxy) is 1. The first kappa shape index (κ1) is 10.5. The van der Waals surface area contributed by atoms with Crippen LogP contribution in [0.1, 0.15) is 12.5 Å². The van der Waals surface area contributed by atoms with Crippen molar-refractivity contribution in [2.75, 3.05) is 7.11 Å². The second-order valence-corrected chi connectivity index (χ2v) is 2.79. The Morgan fingerprint density at radius 2 is 2.00 bits per heavy atom. The number of rotatable bonds is 4. The van der Waals surface area contributed by atoms with E-state index in [1.807, 2.05) is 24.3 Å². The van der Waals surface area contributed by atoms with E-state index in [2.05, 4.69) is 5.48 Å². The molecule has 0 atom stereocenters. The smallest absolute Gasteiger partial charge is 0.240 e. The van der Waals surface area contributed by atoms with Crippen LogP contribution in [0.15, 0.2) is 24.3 Å². The lowest BCUT2D eigenvalue weighted by Crippen LogP contribution is -2.19. The van der Waals surface area contributed by atoms with Gasteiger partial charge in [0.2, 0.25) is 5.91 Å². The average molecular weight is 195 g/mol. The first-order valence-corrected chi connectivity index (χ1v) is 4.23. The number of carbonyl (C=O) groups excluding carboxylic acids is 1. The summed E-state index contributed by atoms with van der Waals surface area (Å²) < 4.78 is 5.00. The van der Waals surface area contributed by atoms with Gasteiger partial charge in [0.05, 0.1) is 13.7 Å². The first-order valence-electron chi connectivity index (χ1n) is 4.23. The van der Waals surface area contributed by atoms with Gasteiger partial charge < -0.3 is 4.74 Å². The van der Waals surface area contributed by atoms with Crippen LogP contribution in [0, 0.1) is 0 Å². The zero-order valence-corrected chi connectivity index (χ0v) is 8.24.